The molecule has 1 saturated heterocycles. The molecule has 7 heteroatoms. The summed E-state index contributed by atoms with van der Waals surface area (Å²) in [5.74, 6) is 0.300. The molecule has 0 spiro atoms. The fourth-order valence-electron chi connectivity index (χ4n) is 2.53. The summed E-state index contributed by atoms with van der Waals surface area (Å²) in [6.07, 6.45) is -1.03. The molecule has 0 aliphatic carbocycles. The number of nitrogens with one attached hydrogen (secondary N) is 1. The molecule has 122 valence electrons. The Labute approximate surface area is 127 Å². The van der Waals surface area contributed by atoms with Crippen LogP contribution in [0, 0.1) is 5.92 Å². The fraction of sp³-hybridized carbons (Fsp3) is 0.600. The van der Waals surface area contributed by atoms with Gasteiger partial charge < -0.3 is 10.2 Å². The van der Waals surface area contributed by atoms with Crippen molar-refractivity contribution in [1.82, 2.24) is 10.3 Å². The fourth-order valence-corrected chi connectivity index (χ4v) is 2.53. The van der Waals surface area contributed by atoms with E-state index in [9.17, 15) is 18.0 Å². The zero-order chi connectivity index (χ0) is 16.2. The Kier molecular flexibility index (Phi) is 5.26. The number of aromatic nitrogens is 1. The van der Waals surface area contributed by atoms with E-state index in [2.05, 4.69) is 10.3 Å². The maximum absolute atomic E-state index is 12.7. The topological polar surface area (TPSA) is 45.2 Å². The van der Waals surface area contributed by atoms with Crippen LogP contribution in [-0.4, -0.2) is 30.5 Å². The Morgan fingerprint density at radius 3 is 2.68 bits per heavy atom. The van der Waals surface area contributed by atoms with Gasteiger partial charge in [-0.25, -0.2) is 4.98 Å². The second kappa shape index (κ2) is 6.98. The number of piperidine rings is 1. The molecule has 1 aromatic heterocycles. The molecule has 0 radical (unpaired) electrons. The molecule has 4 nitrogen and oxygen atoms in total. The molecular weight excluding hydrogens is 295 g/mol. The van der Waals surface area contributed by atoms with Crippen LogP contribution in [0.15, 0.2) is 18.3 Å². The summed E-state index contributed by atoms with van der Waals surface area (Å²) in [5, 5.41) is 2.86. The quantitative estimate of drug-likeness (QED) is 0.929. The van der Waals surface area contributed by atoms with E-state index in [0.29, 0.717) is 38.3 Å². The number of nitrogens with zero attached hydrogens (tertiary/aromatic N) is 2. The minimum absolute atomic E-state index is 0.0403. The van der Waals surface area contributed by atoms with Crippen molar-refractivity contribution >= 4 is 11.7 Å². The van der Waals surface area contributed by atoms with E-state index < -0.39 is 11.7 Å². The second-order valence-electron chi connectivity index (χ2n) is 5.45. The zero-order valence-electron chi connectivity index (χ0n) is 12.5. The maximum atomic E-state index is 12.7. The van der Waals surface area contributed by atoms with Gasteiger partial charge in [0.1, 0.15) is 5.82 Å². The predicted molar refractivity (Wildman–Crippen MR) is 77.5 cm³/mol. The first-order chi connectivity index (χ1) is 10.4. The first-order valence-electron chi connectivity index (χ1n) is 7.47. The Bertz CT molecular complexity index is 511. The molecule has 0 atom stereocenters. The van der Waals surface area contributed by atoms with Gasteiger partial charge in [-0.3, -0.25) is 4.79 Å². The second-order valence-corrected chi connectivity index (χ2v) is 5.45. The number of amides is 1. The molecule has 1 aliphatic heterocycles. The SMILES string of the molecule is CCCNC(=O)C1CCN(c2cc(C(F)(F)F)ccn2)CC1. The van der Waals surface area contributed by atoms with Crippen molar-refractivity contribution in [3.63, 3.8) is 0 Å². The number of carbonyl (C=O) groups excluding carboxylic acids is 1. The lowest BCUT2D eigenvalue weighted by Gasteiger charge is -2.32. The molecule has 0 aromatic carbocycles. The lowest BCUT2D eigenvalue weighted by molar-refractivity contribution is -0.137. The van der Waals surface area contributed by atoms with E-state index in [0.717, 1.165) is 18.6 Å². The van der Waals surface area contributed by atoms with Crippen LogP contribution in [0.3, 0.4) is 0 Å². The average Bonchev–Trinajstić information content (AvgIpc) is 2.52. The van der Waals surface area contributed by atoms with Crippen molar-refractivity contribution in [2.45, 2.75) is 32.4 Å². The van der Waals surface area contributed by atoms with Crippen molar-refractivity contribution < 1.29 is 18.0 Å². The average molecular weight is 315 g/mol. The number of rotatable bonds is 4. The van der Waals surface area contributed by atoms with Gasteiger partial charge in [0.05, 0.1) is 5.56 Å². The summed E-state index contributed by atoms with van der Waals surface area (Å²) < 4.78 is 38.2. The molecule has 2 heterocycles. The molecule has 1 amide bonds. The maximum Gasteiger partial charge on any atom is 0.416 e. The van der Waals surface area contributed by atoms with Gasteiger partial charge in [-0.1, -0.05) is 6.92 Å². The van der Waals surface area contributed by atoms with Crippen LogP contribution >= 0.6 is 0 Å². The summed E-state index contributed by atoms with van der Waals surface area (Å²) in [7, 11) is 0. The zero-order valence-corrected chi connectivity index (χ0v) is 12.5. The molecule has 2 rings (SSSR count). The molecule has 1 aliphatic rings. The summed E-state index contributed by atoms with van der Waals surface area (Å²) >= 11 is 0. The van der Waals surface area contributed by atoms with Crippen LogP contribution < -0.4 is 10.2 Å². The number of anilines is 1. The van der Waals surface area contributed by atoms with Crippen molar-refractivity contribution in [2.75, 3.05) is 24.5 Å². The number of alkyl halides is 3. The van der Waals surface area contributed by atoms with Crippen LogP contribution in [0.25, 0.3) is 0 Å². The van der Waals surface area contributed by atoms with Gasteiger partial charge in [0, 0.05) is 31.7 Å². The first-order valence-corrected chi connectivity index (χ1v) is 7.47. The highest BCUT2D eigenvalue weighted by atomic mass is 19.4. The normalized spacial score (nSPS) is 16.6. The Hall–Kier alpha value is -1.79. The van der Waals surface area contributed by atoms with Crippen LogP contribution in [-0.2, 0) is 11.0 Å². The number of carbonyl (C=O) groups is 1. The van der Waals surface area contributed by atoms with E-state index >= 15 is 0 Å². The Morgan fingerprint density at radius 2 is 2.09 bits per heavy atom. The molecule has 0 saturated carbocycles. The standard InChI is InChI=1S/C15H20F3N3O/c1-2-6-20-14(22)11-4-8-21(9-5-11)13-10-12(3-7-19-13)15(16,17)18/h3,7,10-11H,2,4-6,8-9H2,1H3,(H,20,22). The Morgan fingerprint density at radius 1 is 1.41 bits per heavy atom. The summed E-state index contributed by atoms with van der Waals surface area (Å²) in [4.78, 5) is 17.7. The van der Waals surface area contributed by atoms with Crippen LogP contribution in [0.2, 0.25) is 0 Å². The van der Waals surface area contributed by atoms with Crippen molar-refractivity contribution in [3.8, 4) is 0 Å². The van der Waals surface area contributed by atoms with Crippen molar-refractivity contribution in [3.05, 3.63) is 23.9 Å². The van der Waals surface area contributed by atoms with Gasteiger partial charge in [-0.2, -0.15) is 13.2 Å². The van der Waals surface area contributed by atoms with Crippen LogP contribution in [0.4, 0.5) is 19.0 Å². The minimum atomic E-state index is -4.37. The van der Waals surface area contributed by atoms with E-state index in [1.54, 1.807) is 4.90 Å². The first kappa shape index (κ1) is 16.6. The van der Waals surface area contributed by atoms with E-state index in [4.69, 9.17) is 0 Å². The molecule has 0 unspecified atom stereocenters. The number of halogens is 3. The van der Waals surface area contributed by atoms with E-state index in [-0.39, 0.29) is 11.8 Å². The monoisotopic (exact) mass is 315 g/mol. The third kappa shape index (κ3) is 4.11. The van der Waals surface area contributed by atoms with Gasteiger partial charge in [-0.15, -0.1) is 0 Å². The lowest BCUT2D eigenvalue weighted by atomic mass is 9.96. The van der Waals surface area contributed by atoms with Gasteiger partial charge in [0.25, 0.3) is 0 Å². The number of pyridine rings is 1. The van der Waals surface area contributed by atoms with E-state index in [1.165, 1.54) is 6.20 Å². The van der Waals surface area contributed by atoms with Gasteiger partial charge in [0.15, 0.2) is 0 Å². The minimum Gasteiger partial charge on any atom is -0.357 e. The Balaban J connectivity index is 1.96. The molecule has 22 heavy (non-hydrogen) atoms. The van der Waals surface area contributed by atoms with Gasteiger partial charge >= 0.3 is 6.18 Å². The largest absolute Gasteiger partial charge is 0.416 e. The van der Waals surface area contributed by atoms with Crippen LogP contribution in [0.5, 0.6) is 0 Å². The third-order valence-corrected chi connectivity index (χ3v) is 3.81. The van der Waals surface area contributed by atoms with Gasteiger partial charge in [-0.05, 0) is 31.4 Å². The van der Waals surface area contributed by atoms with E-state index in [1.807, 2.05) is 6.92 Å². The molecule has 1 N–H and O–H groups in total. The van der Waals surface area contributed by atoms with Gasteiger partial charge in [0.2, 0.25) is 5.91 Å². The highest BCUT2D eigenvalue weighted by Crippen LogP contribution is 2.31. The third-order valence-electron chi connectivity index (χ3n) is 3.81. The number of hydrogen-bond donors (Lipinski definition) is 1. The highest BCUT2D eigenvalue weighted by molar-refractivity contribution is 5.78. The smallest absolute Gasteiger partial charge is 0.357 e. The van der Waals surface area contributed by atoms with Crippen LogP contribution in [0.1, 0.15) is 31.7 Å². The summed E-state index contributed by atoms with van der Waals surface area (Å²) in [6, 6.07) is 2.03. The van der Waals surface area contributed by atoms with Crippen molar-refractivity contribution in [1.29, 1.82) is 0 Å². The number of hydrogen-bond acceptors (Lipinski definition) is 3. The molecule has 0 bridgehead atoms. The summed E-state index contributed by atoms with van der Waals surface area (Å²) in [6.45, 7) is 3.73. The molecule has 1 aromatic rings. The molecular formula is C15H20F3N3O. The lowest BCUT2D eigenvalue weighted by Crippen LogP contribution is -2.41. The highest BCUT2D eigenvalue weighted by Gasteiger charge is 2.32. The summed E-state index contributed by atoms with van der Waals surface area (Å²) in [5.41, 5.74) is -0.694. The predicted octanol–water partition coefficient (Wildman–Crippen LogP) is 2.84. The van der Waals surface area contributed by atoms with Crippen molar-refractivity contribution in [2.24, 2.45) is 5.92 Å². The molecule has 1 fully saturated rings.